The minimum absolute atomic E-state index is 0.582. The average Bonchev–Trinajstić information content (AvgIpc) is 2.16. The Labute approximate surface area is 85.9 Å². The van der Waals surface area contributed by atoms with E-state index in [0.717, 1.165) is 18.7 Å². The second-order valence-corrected chi connectivity index (χ2v) is 3.73. The highest BCUT2D eigenvalue weighted by Gasteiger charge is 2.07. The van der Waals surface area contributed by atoms with Crippen molar-refractivity contribution in [1.82, 2.24) is 9.88 Å². The van der Waals surface area contributed by atoms with Gasteiger partial charge >= 0.3 is 0 Å². The Morgan fingerprint density at radius 2 is 2.21 bits per heavy atom. The molecule has 14 heavy (non-hydrogen) atoms. The molecule has 1 aromatic heterocycles. The highest BCUT2D eigenvalue weighted by Crippen LogP contribution is 2.07. The van der Waals surface area contributed by atoms with Gasteiger partial charge in [-0.25, -0.2) is 4.98 Å². The summed E-state index contributed by atoms with van der Waals surface area (Å²) in [7, 11) is 2.11. The summed E-state index contributed by atoms with van der Waals surface area (Å²) in [6.07, 6.45) is 1.15. The van der Waals surface area contributed by atoms with Gasteiger partial charge in [-0.2, -0.15) is 0 Å². The molecule has 0 fully saturated rings. The first kappa shape index (κ1) is 11.0. The molecule has 3 heteroatoms. The third kappa shape index (κ3) is 3.00. The van der Waals surface area contributed by atoms with Crippen LogP contribution in [0, 0.1) is 0 Å². The number of anilines is 1. The average molecular weight is 193 g/mol. The van der Waals surface area contributed by atoms with E-state index in [1.807, 2.05) is 18.2 Å². The number of nitrogen functional groups attached to an aromatic ring is 1. The number of nitrogens with two attached hydrogens (primary N) is 1. The molecule has 1 aromatic rings. The van der Waals surface area contributed by atoms with Gasteiger partial charge in [0.2, 0.25) is 0 Å². The Bertz CT molecular complexity index is 286. The van der Waals surface area contributed by atoms with Crippen molar-refractivity contribution in [3.8, 4) is 0 Å². The highest BCUT2D eigenvalue weighted by molar-refractivity contribution is 5.28. The van der Waals surface area contributed by atoms with Crippen molar-refractivity contribution in [1.29, 1.82) is 0 Å². The molecule has 0 spiro atoms. The second-order valence-electron chi connectivity index (χ2n) is 3.73. The standard InChI is InChI=1S/C11H19N3/c1-4-9(2)14(3)8-10-6-5-7-11(12)13-10/h5-7,9H,4,8H2,1-3H3,(H2,12,13). The lowest BCUT2D eigenvalue weighted by atomic mass is 10.2. The molecular weight excluding hydrogens is 174 g/mol. The molecule has 0 aliphatic rings. The van der Waals surface area contributed by atoms with Crippen LogP contribution in [-0.2, 0) is 6.54 Å². The maximum atomic E-state index is 5.61. The predicted octanol–water partition coefficient (Wildman–Crippen LogP) is 1.89. The fraction of sp³-hybridized carbons (Fsp3) is 0.545. The van der Waals surface area contributed by atoms with Crippen LogP contribution in [-0.4, -0.2) is 23.0 Å². The lowest BCUT2D eigenvalue weighted by molar-refractivity contribution is 0.241. The Morgan fingerprint density at radius 3 is 2.79 bits per heavy atom. The molecule has 0 saturated carbocycles. The summed E-state index contributed by atoms with van der Waals surface area (Å²) in [5.74, 6) is 0.597. The van der Waals surface area contributed by atoms with Crippen LogP contribution in [0.15, 0.2) is 18.2 Å². The molecule has 0 saturated heterocycles. The van der Waals surface area contributed by atoms with Crippen LogP contribution in [0.1, 0.15) is 26.0 Å². The van der Waals surface area contributed by atoms with E-state index in [0.29, 0.717) is 11.9 Å². The van der Waals surface area contributed by atoms with Crippen molar-refractivity contribution in [3.05, 3.63) is 23.9 Å². The SMILES string of the molecule is CCC(C)N(C)Cc1cccc(N)n1. The molecule has 0 aliphatic heterocycles. The lowest BCUT2D eigenvalue weighted by Gasteiger charge is -2.22. The molecule has 0 amide bonds. The molecule has 0 bridgehead atoms. The monoisotopic (exact) mass is 193 g/mol. The summed E-state index contributed by atoms with van der Waals surface area (Å²) in [4.78, 5) is 6.55. The van der Waals surface area contributed by atoms with Gasteiger partial charge in [-0.15, -0.1) is 0 Å². The normalized spacial score (nSPS) is 13.1. The number of rotatable bonds is 4. The molecule has 0 aliphatic carbocycles. The van der Waals surface area contributed by atoms with E-state index in [1.54, 1.807) is 0 Å². The summed E-state index contributed by atoms with van der Waals surface area (Å²) in [5, 5.41) is 0. The van der Waals surface area contributed by atoms with Gasteiger partial charge in [-0.3, -0.25) is 4.90 Å². The van der Waals surface area contributed by atoms with Crippen molar-refractivity contribution < 1.29 is 0 Å². The number of nitrogens with zero attached hydrogens (tertiary/aromatic N) is 2. The quantitative estimate of drug-likeness (QED) is 0.794. The predicted molar refractivity (Wildman–Crippen MR) is 59.9 cm³/mol. The Kier molecular flexibility index (Phi) is 3.89. The van der Waals surface area contributed by atoms with E-state index in [4.69, 9.17) is 5.73 Å². The van der Waals surface area contributed by atoms with Crippen LogP contribution >= 0.6 is 0 Å². The smallest absolute Gasteiger partial charge is 0.123 e. The van der Waals surface area contributed by atoms with E-state index >= 15 is 0 Å². The van der Waals surface area contributed by atoms with Gasteiger partial charge in [0.05, 0.1) is 5.69 Å². The van der Waals surface area contributed by atoms with Crippen molar-refractivity contribution in [3.63, 3.8) is 0 Å². The third-order valence-electron chi connectivity index (χ3n) is 2.58. The molecule has 1 rings (SSSR count). The summed E-state index contributed by atoms with van der Waals surface area (Å²) in [6.45, 7) is 5.26. The van der Waals surface area contributed by atoms with E-state index in [1.165, 1.54) is 0 Å². The zero-order valence-corrected chi connectivity index (χ0v) is 9.20. The molecule has 1 heterocycles. The van der Waals surface area contributed by atoms with Crippen molar-refractivity contribution in [2.75, 3.05) is 12.8 Å². The molecule has 0 aromatic carbocycles. The van der Waals surface area contributed by atoms with Crippen molar-refractivity contribution >= 4 is 5.82 Å². The maximum absolute atomic E-state index is 5.61. The van der Waals surface area contributed by atoms with Crippen molar-refractivity contribution in [2.24, 2.45) is 0 Å². The first-order chi connectivity index (χ1) is 6.63. The van der Waals surface area contributed by atoms with Crippen molar-refractivity contribution in [2.45, 2.75) is 32.9 Å². The van der Waals surface area contributed by atoms with Crippen LogP contribution in [0.4, 0.5) is 5.82 Å². The van der Waals surface area contributed by atoms with E-state index in [-0.39, 0.29) is 0 Å². The van der Waals surface area contributed by atoms with E-state index < -0.39 is 0 Å². The number of pyridine rings is 1. The zero-order valence-electron chi connectivity index (χ0n) is 9.20. The van der Waals surface area contributed by atoms with E-state index in [9.17, 15) is 0 Å². The van der Waals surface area contributed by atoms with Gasteiger partial charge < -0.3 is 5.73 Å². The fourth-order valence-electron chi connectivity index (χ4n) is 1.31. The van der Waals surface area contributed by atoms with E-state index in [2.05, 4.69) is 30.8 Å². The van der Waals surface area contributed by atoms with Crippen LogP contribution in [0.2, 0.25) is 0 Å². The van der Waals surface area contributed by atoms with Crippen LogP contribution in [0.5, 0.6) is 0 Å². The van der Waals surface area contributed by atoms with Gasteiger partial charge in [0.25, 0.3) is 0 Å². The third-order valence-corrected chi connectivity index (χ3v) is 2.58. The Hall–Kier alpha value is -1.09. The molecule has 2 N–H and O–H groups in total. The molecular formula is C11H19N3. The summed E-state index contributed by atoms with van der Waals surface area (Å²) >= 11 is 0. The maximum Gasteiger partial charge on any atom is 0.123 e. The lowest BCUT2D eigenvalue weighted by Crippen LogP contribution is -2.28. The minimum Gasteiger partial charge on any atom is -0.384 e. The largest absolute Gasteiger partial charge is 0.384 e. The van der Waals surface area contributed by atoms with Gasteiger partial charge in [-0.05, 0) is 32.5 Å². The van der Waals surface area contributed by atoms with Gasteiger partial charge in [0.1, 0.15) is 5.82 Å². The summed E-state index contributed by atoms with van der Waals surface area (Å²) in [5.41, 5.74) is 6.65. The molecule has 78 valence electrons. The summed E-state index contributed by atoms with van der Waals surface area (Å²) in [6, 6.07) is 6.35. The fourth-order valence-corrected chi connectivity index (χ4v) is 1.31. The zero-order chi connectivity index (χ0) is 10.6. The number of hydrogen-bond acceptors (Lipinski definition) is 3. The molecule has 1 unspecified atom stereocenters. The topological polar surface area (TPSA) is 42.1 Å². The van der Waals surface area contributed by atoms with Gasteiger partial charge in [0, 0.05) is 12.6 Å². The number of aromatic nitrogens is 1. The first-order valence-electron chi connectivity index (χ1n) is 5.05. The first-order valence-corrected chi connectivity index (χ1v) is 5.05. The molecule has 3 nitrogen and oxygen atoms in total. The van der Waals surface area contributed by atoms with Crippen LogP contribution in [0.25, 0.3) is 0 Å². The number of hydrogen-bond donors (Lipinski definition) is 1. The van der Waals surface area contributed by atoms with Crippen LogP contribution in [0.3, 0.4) is 0 Å². The minimum atomic E-state index is 0.582. The van der Waals surface area contributed by atoms with Gasteiger partial charge in [-0.1, -0.05) is 13.0 Å². The second kappa shape index (κ2) is 4.96. The molecule has 0 radical (unpaired) electrons. The Morgan fingerprint density at radius 1 is 1.50 bits per heavy atom. The highest BCUT2D eigenvalue weighted by atomic mass is 15.1. The molecule has 1 atom stereocenters. The van der Waals surface area contributed by atoms with Crippen LogP contribution < -0.4 is 5.73 Å². The van der Waals surface area contributed by atoms with Gasteiger partial charge in [0.15, 0.2) is 0 Å². The Balaban J connectivity index is 2.60. The summed E-state index contributed by atoms with van der Waals surface area (Å²) < 4.78 is 0.